The van der Waals surface area contributed by atoms with Crippen LogP contribution >= 0.6 is 0 Å². The van der Waals surface area contributed by atoms with Crippen molar-refractivity contribution in [1.29, 1.82) is 0 Å². The first-order chi connectivity index (χ1) is 10.7. The normalized spacial score (nSPS) is 11.7. The lowest BCUT2D eigenvalue weighted by molar-refractivity contribution is -0.141. The minimum atomic E-state index is -4.56. The molecule has 0 spiro atoms. The summed E-state index contributed by atoms with van der Waals surface area (Å²) in [5.74, 6) is -0.580. The predicted octanol–water partition coefficient (Wildman–Crippen LogP) is 2.07. The average molecular weight is 329 g/mol. The number of halogens is 3. The molecule has 0 aliphatic rings. The fourth-order valence-corrected chi connectivity index (χ4v) is 2.24. The second-order valence-electron chi connectivity index (χ2n) is 5.30. The number of amides is 1. The van der Waals surface area contributed by atoms with Gasteiger partial charge in [0.2, 0.25) is 0 Å². The van der Waals surface area contributed by atoms with Gasteiger partial charge < -0.3 is 5.32 Å². The number of rotatable bonds is 5. The van der Waals surface area contributed by atoms with Crippen molar-refractivity contribution in [3.05, 3.63) is 34.9 Å². The van der Waals surface area contributed by atoms with Gasteiger partial charge in [0.25, 0.3) is 5.91 Å². The molecular formula is C14H18F3N5O. The first kappa shape index (κ1) is 17.0. The van der Waals surface area contributed by atoms with Gasteiger partial charge >= 0.3 is 6.18 Å². The Bertz CT molecular complexity index is 702. The predicted molar refractivity (Wildman–Crippen MR) is 76.9 cm³/mol. The summed E-state index contributed by atoms with van der Waals surface area (Å²) in [5.41, 5.74) is 0.743. The third-order valence-corrected chi connectivity index (χ3v) is 3.34. The Morgan fingerprint density at radius 2 is 1.96 bits per heavy atom. The lowest BCUT2D eigenvalue weighted by atomic mass is 10.3. The number of aryl methyl sites for hydroxylation is 4. The van der Waals surface area contributed by atoms with E-state index in [1.165, 1.54) is 7.05 Å². The first-order valence-electron chi connectivity index (χ1n) is 7.09. The molecule has 6 nitrogen and oxygen atoms in total. The van der Waals surface area contributed by atoms with E-state index in [0.29, 0.717) is 19.5 Å². The Labute approximate surface area is 131 Å². The van der Waals surface area contributed by atoms with Gasteiger partial charge in [-0.2, -0.15) is 23.4 Å². The van der Waals surface area contributed by atoms with Gasteiger partial charge in [-0.3, -0.25) is 14.2 Å². The molecule has 0 atom stereocenters. The zero-order chi connectivity index (χ0) is 17.2. The van der Waals surface area contributed by atoms with Crippen LogP contribution < -0.4 is 5.32 Å². The lowest BCUT2D eigenvalue weighted by Gasteiger charge is -2.06. The second kappa shape index (κ2) is 6.43. The van der Waals surface area contributed by atoms with Crippen molar-refractivity contribution in [2.45, 2.75) is 33.0 Å². The number of hydrogen-bond donors (Lipinski definition) is 1. The molecule has 0 unspecified atom stereocenters. The van der Waals surface area contributed by atoms with Crippen molar-refractivity contribution in [3.8, 4) is 0 Å². The van der Waals surface area contributed by atoms with Crippen molar-refractivity contribution in [1.82, 2.24) is 24.9 Å². The lowest BCUT2D eigenvalue weighted by Crippen LogP contribution is -2.27. The smallest absolute Gasteiger partial charge is 0.351 e. The second-order valence-corrected chi connectivity index (χ2v) is 5.30. The summed E-state index contributed by atoms with van der Waals surface area (Å²) in [5, 5.41) is 10.2. The fourth-order valence-electron chi connectivity index (χ4n) is 2.24. The monoisotopic (exact) mass is 329 g/mol. The van der Waals surface area contributed by atoms with Gasteiger partial charge in [-0.1, -0.05) is 0 Å². The summed E-state index contributed by atoms with van der Waals surface area (Å²) in [6, 6.07) is 2.70. The minimum Gasteiger partial charge on any atom is -0.351 e. The minimum absolute atomic E-state index is 0.122. The van der Waals surface area contributed by atoms with Crippen molar-refractivity contribution in [2.75, 3.05) is 6.54 Å². The topological polar surface area (TPSA) is 64.7 Å². The maximum Gasteiger partial charge on any atom is 0.435 e. The number of nitrogens with zero attached hydrogens (tertiary/aromatic N) is 4. The van der Waals surface area contributed by atoms with Crippen molar-refractivity contribution < 1.29 is 18.0 Å². The summed E-state index contributed by atoms with van der Waals surface area (Å²) in [4.78, 5) is 11.9. The zero-order valence-electron chi connectivity index (χ0n) is 13.1. The molecule has 9 heteroatoms. The third-order valence-electron chi connectivity index (χ3n) is 3.34. The van der Waals surface area contributed by atoms with Crippen LogP contribution in [0.4, 0.5) is 13.2 Å². The van der Waals surface area contributed by atoms with Crippen LogP contribution in [0.5, 0.6) is 0 Å². The molecule has 2 rings (SSSR count). The van der Waals surface area contributed by atoms with Crippen molar-refractivity contribution in [3.63, 3.8) is 0 Å². The van der Waals surface area contributed by atoms with E-state index in [2.05, 4.69) is 15.5 Å². The van der Waals surface area contributed by atoms with Crippen LogP contribution in [0.1, 0.15) is 34.0 Å². The van der Waals surface area contributed by atoms with Gasteiger partial charge in [0.05, 0.1) is 5.69 Å². The van der Waals surface area contributed by atoms with E-state index < -0.39 is 17.8 Å². The SMILES string of the molecule is Cc1cc(C)n(CCCNC(=O)c2cc(C(F)(F)F)nn2C)n1. The Balaban J connectivity index is 1.88. The highest BCUT2D eigenvalue weighted by molar-refractivity contribution is 5.92. The number of nitrogens with one attached hydrogen (secondary N) is 1. The highest BCUT2D eigenvalue weighted by atomic mass is 19.4. The number of hydrogen-bond acceptors (Lipinski definition) is 3. The molecule has 0 aliphatic heterocycles. The average Bonchev–Trinajstić information content (AvgIpc) is 2.97. The van der Waals surface area contributed by atoms with E-state index in [1.54, 1.807) is 0 Å². The molecular weight excluding hydrogens is 311 g/mol. The quantitative estimate of drug-likeness (QED) is 0.854. The molecule has 23 heavy (non-hydrogen) atoms. The number of carbonyl (C=O) groups excluding carboxylic acids is 1. The molecule has 1 N–H and O–H groups in total. The molecule has 126 valence electrons. The molecule has 0 radical (unpaired) electrons. The van der Waals surface area contributed by atoms with E-state index in [-0.39, 0.29) is 5.69 Å². The van der Waals surface area contributed by atoms with Crippen LogP contribution in [0.3, 0.4) is 0 Å². The Morgan fingerprint density at radius 1 is 1.26 bits per heavy atom. The van der Waals surface area contributed by atoms with E-state index >= 15 is 0 Å². The molecule has 0 aliphatic carbocycles. The van der Waals surface area contributed by atoms with Crippen LogP contribution in [-0.2, 0) is 19.8 Å². The van der Waals surface area contributed by atoms with E-state index in [1.807, 2.05) is 24.6 Å². The van der Waals surface area contributed by atoms with Gasteiger partial charge in [-0.25, -0.2) is 0 Å². The summed E-state index contributed by atoms with van der Waals surface area (Å²) in [6.45, 7) is 4.79. The third kappa shape index (κ3) is 4.11. The summed E-state index contributed by atoms with van der Waals surface area (Å²) < 4.78 is 40.4. The Hall–Kier alpha value is -2.32. The van der Waals surface area contributed by atoms with E-state index in [9.17, 15) is 18.0 Å². The fraction of sp³-hybridized carbons (Fsp3) is 0.500. The van der Waals surface area contributed by atoms with Crippen LogP contribution in [0.25, 0.3) is 0 Å². The molecule has 2 aromatic rings. The zero-order valence-corrected chi connectivity index (χ0v) is 13.1. The standard InChI is InChI=1S/C14H18F3N5O/c1-9-7-10(2)22(19-9)6-4-5-18-13(23)11-8-12(14(15,16)17)20-21(11)3/h7-8H,4-6H2,1-3H3,(H,18,23). The van der Waals surface area contributed by atoms with E-state index in [0.717, 1.165) is 22.1 Å². The largest absolute Gasteiger partial charge is 0.435 e. The highest BCUT2D eigenvalue weighted by Gasteiger charge is 2.35. The number of alkyl halides is 3. The Kier molecular flexibility index (Phi) is 4.76. The summed E-state index contributed by atoms with van der Waals surface area (Å²) in [7, 11) is 1.31. The maximum atomic E-state index is 12.6. The maximum absolute atomic E-state index is 12.6. The van der Waals surface area contributed by atoms with Gasteiger partial charge in [0, 0.05) is 31.9 Å². The van der Waals surface area contributed by atoms with Crippen LogP contribution in [0, 0.1) is 13.8 Å². The van der Waals surface area contributed by atoms with Crippen LogP contribution in [0.2, 0.25) is 0 Å². The van der Waals surface area contributed by atoms with Crippen LogP contribution in [0.15, 0.2) is 12.1 Å². The first-order valence-corrected chi connectivity index (χ1v) is 7.09. The van der Waals surface area contributed by atoms with Gasteiger partial charge in [0.1, 0.15) is 5.69 Å². The number of aromatic nitrogens is 4. The van der Waals surface area contributed by atoms with Gasteiger partial charge in [0.15, 0.2) is 5.69 Å². The van der Waals surface area contributed by atoms with Crippen molar-refractivity contribution in [2.24, 2.45) is 7.05 Å². The summed E-state index contributed by atoms with van der Waals surface area (Å²) >= 11 is 0. The molecule has 2 heterocycles. The van der Waals surface area contributed by atoms with Gasteiger partial charge in [-0.05, 0) is 26.3 Å². The molecule has 0 saturated heterocycles. The molecule has 0 saturated carbocycles. The number of carbonyl (C=O) groups is 1. The van der Waals surface area contributed by atoms with Crippen LogP contribution in [-0.4, -0.2) is 32.0 Å². The molecule has 0 aromatic carbocycles. The van der Waals surface area contributed by atoms with E-state index in [4.69, 9.17) is 0 Å². The highest BCUT2D eigenvalue weighted by Crippen LogP contribution is 2.28. The molecule has 1 amide bonds. The molecule has 0 fully saturated rings. The van der Waals surface area contributed by atoms with Crippen molar-refractivity contribution >= 4 is 5.91 Å². The Morgan fingerprint density at radius 3 is 2.48 bits per heavy atom. The summed E-state index contributed by atoms with van der Waals surface area (Å²) in [6.07, 6.45) is -3.94. The molecule has 2 aromatic heterocycles. The molecule has 0 bridgehead atoms. The van der Waals surface area contributed by atoms with Gasteiger partial charge in [-0.15, -0.1) is 0 Å².